The summed E-state index contributed by atoms with van der Waals surface area (Å²) >= 11 is 0. The van der Waals surface area contributed by atoms with Gasteiger partial charge in [0, 0.05) is 31.4 Å². The van der Waals surface area contributed by atoms with Crippen LogP contribution in [0.1, 0.15) is 13.3 Å². The molecule has 1 fully saturated rings. The van der Waals surface area contributed by atoms with Crippen molar-refractivity contribution in [3.05, 3.63) is 24.3 Å². The molecule has 1 saturated heterocycles. The van der Waals surface area contributed by atoms with Gasteiger partial charge in [0.1, 0.15) is 5.75 Å². The Bertz CT molecular complexity index is 365. The molecule has 2 N–H and O–H groups in total. The monoisotopic (exact) mass is 250 g/mol. The number of hydrogen-bond acceptors (Lipinski definition) is 4. The van der Waals surface area contributed by atoms with Gasteiger partial charge < -0.3 is 15.2 Å². The number of benzene rings is 1. The van der Waals surface area contributed by atoms with Gasteiger partial charge in [-0.1, -0.05) is 6.07 Å². The molecule has 100 valence electrons. The molecule has 1 aromatic rings. The summed E-state index contributed by atoms with van der Waals surface area (Å²) in [6.45, 7) is 6.93. The smallest absolute Gasteiger partial charge is 0.121 e. The molecule has 4 nitrogen and oxygen atoms in total. The Morgan fingerprint density at radius 3 is 2.89 bits per heavy atom. The molecule has 0 amide bonds. The molecule has 0 radical (unpaired) electrons. The number of nitrogen functional groups attached to an aromatic ring is 1. The number of nitrogens with two attached hydrogens (primary N) is 1. The number of nitrogens with zero attached hydrogens (tertiary/aromatic N) is 1. The third kappa shape index (κ3) is 4.20. The van der Waals surface area contributed by atoms with Crippen LogP contribution in [0.5, 0.6) is 5.75 Å². The molecule has 0 spiro atoms. The van der Waals surface area contributed by atoms with E-state index in [1.54, 1.807) is 0 Å². The van der Waals surface area contributed by atoms with Crippen LogP contribution in [-0.2, 0) is 4.74 Å². The lowest BCUT2D eigenvalue weighted by molar-refractivity contribution is 0.0327. The number of ether oxygens (including phenoxy) is 2. The fourth-order valence-electron chi connectivity index (χ4n) is 2.07. The van der Waals surface area contributed by atoms with Gasteiger partial charge in [-0.25, -0.2) is 0 Å². The molecule has 0 saturated carbocycles. The van der Waals surface area contributed by atoms with Crippen LogP contribution in [-0.4, -0.2) is 43.9 Å². The van der Waals surface area contributed by atoms with Crippen LogP contribution < -0.4 is 10.5 Å². The average molecular weight is 250 g/mol. The predicted octanol–water partition coefficient (Wildman–Crippen LogP) is 1.76. The van der Waals surface area contributed by atoms with E-state index in [0.29, 0.717) is 0 Å². The lowest BCUT2D eigenvalue weighted by Gasteiger charge is -2.27. The molecule has 1 aliphatic heterocycles. The second-order valence-corrected chi connectivity index (χ2v) is 4.74. The van der Waals surface area contributed by atoms with E-state index in [1.165, 1.54) is 0 Å². The van der Waals surface area contributed by atoms with Crippen LogP contribution in [0.2, 0.25) is 0 Å². The van der Waals surface area contributed by atoms with Crippen LogP contribution in [0.4, 0.5) is 5.69 Å². The lowest BCUT2D eigenvalue weighted by Crippen LogP contribution is -2.38. The maximum absolute atomic E-state index is 5.85. The summed E-state index contributed by atoms with van der Waals surface area (Å²) in [6, 6.07) is 7.59. The minimum atomic E-state index is 0.203. The van der Waals surface area contributed by atoms with Gasteiger partial charge in [0.2, 0.25) is 0 Å². The van der Waals surface area contributed by atoms with Gasteiger partial charge in [-0.15, -0.1) is 0 Å². The lowest BCUT2D eigenvalue weighted by atomic mass is 10.2. The zero-order valence-electron chi connectivity index (χ0n) is 11.0. The molecular formula is C14H22N2O2. The Morgan fingerprint density at radius 1 is 1.39 bits per heavy atom. The molecule has 1 heterocycles. The molecule has 2 rings (SSSR count). The van der Waals surface area contributed by atoms with E-state index in [2.05, 4.69) is 11.8 Å². The van der Waals surface area contributed by atoms with E-state index in [1.807, 2.05) is 24.3 Å². The fraction of sp³-hybridized carbons (Fsp3) is 0.571. The van der Waals surface area contributed by atoms with Gasteiger partial charge in [-0.2, -0.15) is 0 Å². The first kappa shape index (κ1) is 13.2. The number of rotatable bonds is 5. The molecular weight excluding hydrogens is 228 g/mol. The minimum absolute atomic E-state index is 0.203. The standard InChI is InChI=1S/C14H22N2O2/c1-12(5-6-16-7-9-17-10-8-16)18-14-4-2-3-13(15)11-14/h2-4,11-12H,5-10,15H2,1H3. The number of hydrogen-bond donors (Lipinski definition) is 1. The van der Waals surface area contributed by atoms with Crippen molar-refractivity contribution in [1.82, 2.24) is 4.90 Å². The molecule has 1 aromatic carbocycles. The fourth-order valence-corrected chi connectivity index (χ4v) is 2.07. The zero-order chi connectivity index (χ0) is 12.8. The Morgan fingerprint density at radius 2 is 2.17 bits per heavy atom. The van der Waals surface area contributed by atoms with Gasteiger partial charge in [-0.3, -0.25) is 4.90 Å². The van der Waals surface area contributed by atoms with E-state index in [4.69, 9.17) is 15.2 Å². The normalized spacial score (nSPS) is 18.5. The summed E-state index contributed by atoms with van der Waals surface area (Å²) in [5.74, 6) is 0.851. The minimum Gasteiger partial charge on any atom is -0.491 e. The van der Waals surface area contributed by atoms with E-state index in [-0.39, 0.29) is 6.10 Å². The van der Waals surface area contributed by atoms with Crippen molar-refractivity contribution in [1.29, 1.82) is 0 Å². The summed E-state index contributed by atoms with van der Waals surface area (Å²) in [6.07, 6.45) is 1.23. The molecule has 1 atom stereocenters. The van der Waals surface area contributed by atoms with Crippen LogP contribution in [0, 0.1) is 0 Å². The largest absolute Gasteiger partial charge is 0.491 e. The topological polar surface area (TPSA) is 47.7 Å². The van der Waals surface area contributed by atoms with Gasteiger partial charge >= 0.3 is 0 Å². The van der Waals surface area contributed by atoms with Crippen molar-refractivity contribution in [2.45, 2.75) is 19.4 Å². The van der Waals surface area contributed by atoms with Crippen LogP contribution in [0.3, 0.4) is 0 Å². The summed E-state index contributed by atoms with van der Waals surface area (Å²) in [5.41, 5.74) is 6.47. The Balaban J connectivity index is 1.72. The number of anilines is 1. The maximum atomic E-state index is 5.85. The highest BCUT2D eigenvalue weighted by molar-refractivity contribution is 5.43. The molecule has 0 aromatic heterocycles. The molecule has 18 heavy (non-hydrogen) atoms. The molecule has 1 aliphatic rings. The Labute approximate surface area is 109 Å². The molecule has 1 unspecified atom stereocenters. The first-order valence-corrected chi connectivity index (χ1v) is 6.56. The second-order valence-electron chi connectivity index (χ2n) is 4.74. The highest BCUT2D eigenvalue weighted by atomic mass is 16.5. The molecule has 0 aliphatic carbocycles. The molecule has 4 heteroatoms. The maximum Gasteiger partial charge on any atom is 0.121 e. The third-order valence-corrected chi connectivity index (χ3v) is 3.15. The first-order valence-electron chi connectivity index (χ1n) is 6.56. The van der Waals surface area contributed by atoms with E-state index >= 15 is 0 Å². The van der Waals surface area contributed by atoms with Crippen molar-refractivity contribution in [2.24, 2.45) is 0 Å². The van der Waals surface area contributed by atoms with E-state index in [9.17, 15) is 0 Å². The highest BCUT2D eigenvalue weighted by Gasteiger charge is 2.12. The van der Waals surface area contributed by atoms with Gasteiger partial charge in [-0.05, 0) is 25.5 Å². The van der Waals surface area contributed by atoms with Crippen LogP contribution in [0.25, 0.3) is 0 Å². The van der Waals surface area contributed by atoms with E-state index < -0.39 is 0 Å². The summed E-state index contributed by atoms with van der Waals surface area (Å²) in [5, 5.41) is 0. The van der Waals surface area contributed by atoms with E-state index in [0.717, 1.165) is 50.7 Å². The summed E-state index contributed by atoms with van der Waals surface area (Å²) in [7, 11) is 0. The SMILES string of the molecule is CC(CCN1CCOCC1)Oc1cccc(N)c1. The summed E-state index contributed by atoms with van der Waals surface area (Å²) in [4.78, 5) is 2.42. The van der Waals surface area contributed by atoms with Crippen molar-refractivity contribution in [3.8, 4) is 5.75 Å². The predicted molar refractivity (Wildman–Crippen MR) is 72.8 cm³/mol. The van der Waals surface area contributed by atoms with Crippen molar-refractivity contribution >= 4 is 5.69 Å². The third-order valence-electron chi connectivity index (χ3n) is 3.15. The Hall–Kier alpha value is -1.26. The Kier molecular flexibility index (Phi) is 4.84. The second kappa shape index (κ2) is 6.61. The quantitative estimate of drug-likeness (QED) is 0.809. The number of morpholine rings is 1. The highest BCUT2D eigenvalue weighted by Crippen LogP contribution is 2.17. The van der Waals surface area contributed by atoms with Crippen molar-refractivity contribution in [2.75, 3.05) is 38.6 Å². The van der Waals surface area contributed by atoms with Gasteiger partial charge in [0.25, 0.3) is 0 Å². The zero-order valence-corrected chi connectivity index (χ0v) is 11.0. The average Bonchev–Trinajstić information content (AvgIpc) is 2.38. The van der Waals surface area contributed by atoms with Gasteiger partial charge in [0.05, 0.1) is 19.3 Å². The van der Waals surface area contributed by atoms with Crippen LogP contribution >= 0.6 is 0 Å². The van der Waals surface area contributed by atoms with Crippen LogP contribution in [0.15, 0.2) is 24.3 Å². The van der Waals surface area contributed by atoms with Crippen molar-refractivity contribution in [3.63, 3.8) is 0 Å². The molecule has 0 bridgehead atoms. The van der Waals surface area contributed by atoms with Gasteiger partial charge in [0.15, 0.2) is 0 Å². The first-order chi connectivity index (χ1) is 8.74. The van der Waals surface area contributed by atoms with Crippen molar-refractivity contribution < 1.29 is 9.47 Å². The summed E-state index contributed by atoms with van der Waals surface area (Å²) < 4.78 is 11.2.